The van der Waals surface area contributed by atoms with E-state index < -0.39 is 0 Å². The third-order valence-electron chi connectivity index (χ3n) is 6.25. The van der Waals surface area contributed by atoms with Crippen LogP contribution in [0.1, 0.15) is 41.4 Å². The van der Waals surface area contributed by atoms with E-state index in [9.17, 15) is 4.79 Å². The molecule has 1 N–H and O–H groups in total. The number of halogens is 2. The average molecular weight is 527 g/mol. The van der Waals surface area contributed by atoms with Gasteiger partial charge in [-0.3, -0.25) is 9.69 Å². The van der Waals surface area contributed by atoms with Crippen molar-refractivity contribution in [1.29, 1.82) is 0 Å². The van der Waals surface area contributed by atoms with Crippen molar-refractivity contribution in [3.05, 3.63) is 87.7 Å². The molecule has 1 saturated heterocycles. The zero-order valence-corrected chi connectivity index (χ0v) is 22.1. The van der Waals surface area contributed by atoms with Gasteiger partial charge in [0, 0.05) is 44.0 Å². The highest BCUT2D eigenvalue weighted by Gasteiger charge is 2.16. The van der Waals surface area contributed by atoms with Crippen molar-refractivity contribution in [2.75, 3.05) is 38.0 Å². The zero-order chi connectivity index (χ0) is 25.3. The summed E-state index contributed by atoms with van der Waals surface area (Å²) in [6.45, 7) is 9.02. The Bertz CT molecular complexity index is 1150. The van der Waals surface area contributed by atoms with Crippen LogP contribution in [0.15, 0.2) is 60.7 Å². The Kier molecular flexibility index (Phi) is 9.59. The number of unbranched alkanes of at least 4 members (excludes halogenated alkanes) is 1. The molecule has 4 rings (SSSR count). The van der Waals surface area contributed by atoms with Gasteiger partial charge in [-0.25, -0.2) is 4.98 Å². The van der Waals surface area contributed by atoms with Crippen LogP contribution in [0.4, 0.5) is 5.69 Å². The highest BCUT2D eigenvalue weighted by molar-refractivity contribution is 6.32. The van der Waals surface area contributed by atoms with Crippen LogP contribution in [0.3, 0.4) is 0 Å². The van der Waals surface area contributed by atoms with E-state index >= 15 is 0 Å². The summed E-state index contributed by atoms with van der Waals surface area (Å²) in [4.78, 5) is 22.0. The van der Waals surface area contributed by atoms with Crippen LogP contribution in [0.2, 0.25) is 10.2 Å². The first-order valence-corrected chi connectivity index (χ1v) is 13.1. The first-order chi connectivity index (χ1) is 17.5. The summed E-state index contributed by atoms with van der Waals surface area (Å²) in [5, 5.41) is 3.72. The molecular weight excluding hydrogens is 495 g/mol. The molecule has 0 spiro atoms. The number of hydrogen-bond donors (Lipinski definition) is 1. The molecule has 1 aliphatic heterocycles. The Morgan fingerprint density at radius 3 is 2.44 bits per heavy atom. The lowest BCUT2D eigenvalue weighted by molar-refractivity contribution is 0.102. The van der Waals surface area contributed by atoms with Crippen molar-refractivity contribution in [1.82, 2.24) is 14.8 Å². The van der Waals surface area contributed by atoms with Crippen LogP contribution < -0.4 is 10.1 Å². The monoisotopic (exact) mass is 526 g/mol. The number of aromatic nitrogens is 1. The fraction of sp³-hybridized carbons (Fsp3) is 0.357. The number of pyridine rings is 1. The fourth-order valence-corrected chi connectivity index (χ4v) is 4.57. The molecule has 0 bridgehead atoms. The second-order valence-electron chi connectivity index (χ2n) is 9.01. The molecule has 190 valence electrons. The number of ether oxygens (including phenoxy) is 1. The van der Waals surface area contributed by atoms with E-state index in [2.05, 4.69) is 27.0 Å². The quantitative estimate of drug-likeness (QED) is 0.321. The lowest BCUT2D eigenvalue weighted by Crippen LogP contribution is -2.46. The summed E-state index contributed by atoms with van der Waals surface area (Å²) in [6, 6.07) is 18.3. The van der Waals surface area contributed by atoms with Crippen molar-refractivity contribution in [3.63, 3.8) is 0 Å². The topological polar surface area (TPSA) is 57.7 Å². The van der Waals surface area contributed by atoms with Crippen molar-refractivity contribution in [3.8, 4) is 5.75 Å². The van der Waals surface area contributed by atoms with Gasteiger partial charge >= 0.3 is 0 Å². The van der Waals surface area contributed by atoms with Crippen LogP contribution in [0.25, 0.3) is 0 Å². The minimum absolute atomic E-state index is 0.182. The number of nitrogens with one attached hydrogen (secondary N) is 1. The molecule has 6 nitrogen and oxygen atoms in total. The third kappa shape index (κ3) is 7.68. The number of hydrogen-bond acceptors (Lipinski definition) is 5. The Labute approximate surface area is 223 Å². The smallest absolute Gasteiger partial charge is 0.255 e. The standard InChI is InChI=1S/C28H32Cl2N4O2/c1-2-3-13-33-14-16-34(17-15-33)19-21-7-9-22(10-8-21)28(35)32-23-11-12-26(25(29)18-23)36-20-24-5-4-6-27(30)31-24/h4-12,18H,2-3,13-17,19-20H2,1H3,(H,32,35). The molecule has 0 atom stereocenters. The lowest BCUT2D eigenvalue weighted by Gasteiger charge is -2.34. The summed E-state index contributed by atoms with van der Waals surface area (Å²) >= 11 is 12.3. The van der Waals surface area contributed by atoms with Gasteiger partial charge in [0.05, 0.1) is 10.7 Å². The van der Waals surface area contributed by atoms with Crippen LogP contribution >= 0.6 is 23.2 Å². The van der Waals surface area contributed by atoms with Gasteiger partial charge in [0.25, 0.3) is 5.91 Å². The molecule has 3 aromatic rings. The highest BCUT2D eigenvalue weighted by atomic mass is 35.5. The maximum absolute atomic E-state index is 12.8. The minimum atomic E-state index is -0.182. The van der Waals surface area contributed by atoms with Crippen LogP contribution in [0, 0.1) is 0 Å². The number of benzene rings is 2. The van der Waals surface area contributed by atoms with Crippen LogP contribution in [-0.4, -0.2) is 53.4 Å². The van der Waals surface area contributed by atoms with Crippen molar-refractivity contribution < 1.29 is 9.53 Å². The third-order valence-corrected chi connectivity index (χ3v) is 6.76. The molecule has 0 unspecified atom stereocenters. The van der Waals surface area contributed by atoms with Gasteiger partial charge in [-0.1, -0.05) is 54.7 Å². The highest BCUT2D eigenvalue weighted by Crippen LogP contribution is 2.28. The number of carbonyl (C=O) groups excluding carboxylic acids is 1. The summed E-state index contributed by atoms with van der Waals surface area (Å²) < 4.78 is 5.75. The normalized spacial score (nSPS) is 14.5. The Hall–Kier alpha value is -2.64. The Morgan fingerprint density at radius 2 is 1.75 bits per heavy atom. The summed E-state index contributed by atoms with van der Waals surface area (Å²) in [7, 11) is 0. The van der Waals surface area contributed by atoms with Crippen molar-refractivity contribution in [2.24, 2.45) is 0 Å². The van der Waals surface area contributed by atoms with Gasteiger partial charge in [-0.15, -0.1) is 0 Å². The fourth-order valence-electron chi connectivity index (χ4n) is 4.15. The number of piperazine rings is 1. The van der Waals surface area contributed by atoms with Gasteiger partial charge in [-0.2, -0.15) is 0 Å². The number of amides is 1. The molecular formula is C28H32Cl2N4O2. The Morgan fingerprint density at radius 1 is 1.00 bits per heavy atom. The van der Waals surface area contributed by atoms with E-state index in [1.165, 1.54) is 24.9 Å². The van der Waals surface area contributed by atoms with Gasteiger partial charge < -0.3 is 15.0 Å². The SMILES string of the molecule is CCCCN1CCN(Cc2ccc(C(=O)Nc3ccc(OCc4cccc(Cl)n4)c(Cl)c3)cc2)CC1. The predicted molar refractivity (Wildman–Crippen MR) is 146 cm³/mol. The maximum Gasteiger partial charge on any atom is 0.255 e. The first-order valence-electron chi connectivity index (χ1n) is 12.4. The molecule has 1 amide bonds. The van der Waals surface area contributed by atoms with E-state index in [4.69, 9.17) is 27.9 Å². The molecule has 0 radical (unpaired) electrons. The van der Waals surface area contributed by atoms with E-state index in [1.807, 2.05) is 36.4 Å². The number of anilines is 1. The summed E-state index contributed by atoms with van der Waals surface area (Å²) in [5.41, 5.74) is 3.12. The molecule has 36 heavy (non-hydrogen) atoms. The molecule has 0 aliphatic carbocycles. The first kappa shape index (κ1) is 26.4. The lowest BCUT2D eigenvalue weighted by atomic mass is 10.1. The van der Waals surface area contributed by atoms with Crippen LogP contribution in [0.5, 0.6) is 5.75 Å². The molecule has 1 aliphatic rings. The number of nitrogens with zero attached hydrogens (tertiary/aromatic N) is 3. The summed E-state index contributed by atoms with van der Waals surface area (Å²) in [6.07, 6.45) is 2.52. The number of carbonyl (C=O) groups is 1. The van der Waals surface area contributed by atoms with E-state index in [0.29, 0.717) is 32.9 Å². The summed E-state index contributed by atoms with van der Waals surface area (Å²) in [5.74, 6) is 0.325. The maximum atomic E-state index is 12.8. The molecule has 2 heterocycles. The van der Waals surface area contributed by atoms with E-state index in [-0.39, 0.29) is 12.5 Å². The molecule has 2 aromatic carbocycles. The number of rotatable bonds is 10. The van der Waals surface area contributed by atoms with Gasteiger partial charge in [-0.05, 0) is 61.0 Å². The molecule has 8 heteroatoms. The van der Waals surface area contributed by atoms with Crippen molar-refractivity contribution in [2.45, 2.75) is 32.9 Å². The van der Waals surface area contributed by atoms with Gasteiger partial charge in [0.1, 0.15) is 17.5 Å². The average Bonchev–Trinajstić information content (AvgIpc) is 2.88. The van der Waals surface area contributed by atoms with Crippen molar-refractivity contribution >= 4 is 34.8 Å². The second-order valence-corrected chi connectivity index (χ2v) is 9.80. The largest absolute Gasteiger partial charge is 0.486 e. The molecule has 0 saturated carbocycles. The predicted octanol–water partition coefficient (Wildman–Crippen LogP) is 6.14. The minimum Gasteiger partial charge on any atom is -0.486 e. The molecule has 1 aromatic heterocycles. The zero-order valence-electron chi connectivity index (χ0n) is 20.6. The van der Waals surface area contributed by atoms with Crippen LogP contribution in [-0.2, 0) is 13.2 Å². The van der Waals surface area contributed by atoms with E-state index in [1.54, 1.807) is 24.3 Å². The molecule has 1 fully saturated rings. The van der Waals surface area contributed by atoms with E-state index in [0.717, 1.165) is 32.7 Å². The van der Waals surface area contributed by atoms with Gasteiger partial charge in [0.15, 0.2) is 0 Å². The Balaban J connectivity index is 1.26. The second kappa shape index (κ2) is 13.1. The van der Waals surface area contributed by atoms with Gasteiger partial charge in [0.2, 0.25) is 0 Å².